The molecular formula is C17H26ClN. The molecule has 19 heavy (non-hydrogen) atoms. The minimum absolute atomic E-state index is 0.667. The van der Waals surface area contributed by atoms with Crippen LogP contribution < -0.4 is 5.32 Å². The molecule has 0 aliphatic heterocycles. The van der Waals surface area contributed by atoms with Crippen molar-refractivity contribution in [3.8, 4) is 0 Å². The Labute approximate surface area is 122 Å². The van der Waals surface area contributed by atoms with Crippen LogP contribution in [0.2, 0.25) is 5.02 Å². The first-order valence-corrected chi connectivity index (χ1v) is 7.96. The molecular weight excluding hydrogens is 254 g/mol. The maximum atomic E-state index is 6.31. The van der Waals surface area contributed by atoms with Crippen LogP contribution in [0.5, 0.6) is 0 Å². The van der Waals surface area contributed by atoms with E-state index in [2.05, 4.69) is 44.3 Å². The maximum absolute atomic E-state index is 6.31. The van der Waals surface area contributed by atoms with Gasteiger partial charge in [-0.15, -0.1) is 0 Å². The zero-order valence-electron chi connectivity index (χ0n) is 12.4. The number of hydrogen-bond acceptors (Lipinski definition) is 1. The topological polar surface area (TPSA) is 12.0 Å². The first-order valence-electron chi connectivity index (χ1n) is 7.58. The quantitative estimate of drug-likeness (QED) is 0.836. The van der Waals surface area contributed by atoms with Crippen molar-refractivity contribution in [1.82, 2.24) is 5.32 Å². The maximum Gasteiger partial charge on any atom is 0.0438 e. The zero-order valence-corrected chi connectivity index (χ0v) is 13.1. The smallest absolute Gasteiger partial charge is 0.0438 e. The molecule has 1 aliphatic rings. The summed E-state index contributed by atoms with van der Waals surface area (Å²) in [5.41, 5.74) is 2.61. The van der Waals surface area contributed by atoms with E-state index in [1.54, 1.807) is 0 Å². The van der Waals surface area contributed by atoms with Gasteiger partial charge in [0.2, 0.25) is 0 Å². The van der Waals surface area contributed by atoms with E-state index in [9.17, 15) is 0 Å². The summed E-state index contributed by atoms with van der Waals surface area (Å²) in [7, 11) is 0. The molecule has 1 saturated carbocycles. The fourth-order valence-electron chi connectivity index (χ4n) is 3.27. The van der Waals surface area contributed by atoms with Crippen LogP contribution in [0.4, 0.5) is 0 Å². The molecule has 3 atom stereocenters. The van der Waals surface area contributed by atoms with Gasteiger partial charge in [0.1, 0.15) is 0 Å². The SMILES string of the molecule is CCNCC1CCC(C)CC1c1ccc(C)c(Cl)c1. The minimum atomic E-state index is 0.667. The molecule has 0 saturated heterocycles. The predicted octanol–water partition coefficient (Wildman–Crippen LogP) is 4.78. The van der Waals surface area contributed by atoms with Crippen molar-refractivity contribution >= 4 is 11.6 Å². The molecule has 0 aromatic heterocycles. The lowest BCUT2D eigenvalue weighted by atomic mass is 9.71. The van der Waals surface area contributed by atoms with Crippen molar-refractivity contribution in [3.63, 3.8) is 0 Å². The fraction of sp³-hybridized carbons (Fsp3) is 0.647. The van der Waals surface area contributed by atoms with Crippen LogP contribution in [0.15, 0.2) is 18.2 Å². The van der Waals surface area contributed by atoms with Crippen molar-refractivity contribution in [2.75, 3.05) is 13.1 Å². The van der Waals surface area contributed by atoms with E-state index in [0.29, 0.717) is 5.92 Å². The molecule has 1 fully saturated rings. The molecule has 0 spiro atoms. The summed E-state index contributed by atoms with van der Waals surface area (Å²) < 4.78 is 0. The first-order chi connectivity index (χ1) is 9.11. The highest BCUT2D eigenvalue weighted by Gasteiger charge is 2.29. The molecule has 2 rings (SSSR count). The van der Waals surface area contributed by atoms with E-state index in [1.807, 2.05) is 0 Å². The Hall–Kier alpha value is -0.530. The molecule has 1 aliphatic carbocycles. The average Bonchev–Trinajstić information content (AvgIpc) is 2.40. The Morgan fingerprint density at radius 2 is 2.11 bits per heavy atom. The number of benzene rings is 1. The summed E-state index contributed by atoms with van der Waals surface area (Å²) in [6, 6.07) is 6.64. The number of nitrogens with one attached hydrogen (secondary N) is 1. The predicted molar refractivity (Wildman–Crippen MR) is 84.0 cm³/mol. The molecule has 3 unspecified atom stereocenters. The molecule has 1 aromatic carbocycles. The Balaban J connectivity index is 2.18. The number of hydrogen-bond donors (Lipinski definition) is 1. The molecule has 1 nitrogen and oxygen atoms in total. The van der Waals surface area contributed by atoms with Gasteiger partial charge < -0.3 is 5.32 Å². The van der Waals surface area contributed by atoms with Gasteiger partial charge in [-0.05, 0) is 67.8 Å². The van der Waals surface area contributed by atoms with E-state index in [-0.39, 0.29) is 0 Å². The lowest BCUT2D eigenvalue weighted by Crippen LogP contribution is -2.31. The third kappa shape index (κ3) is 3.73. The van der Waals surface area contributed by atoms with E-state index in [0.717, 1.165) is 29.9 Å². The van der Waals surface area contributed by atoms with Gasteiger partial charge >= 0.3 is 0 Å². The first kappa shape index (κ1) is 14.9. The normalized spacial score (nSPS) is 27.5. The van der Waals surface area contributed by atoms with E-state index in [4.69, 9.17) is 11.6 Å². The zero-order chi connectivity index (χ0) is 13.8. The lowest BCUT2D eigenvalue weighted by molar-refractivity contribution is 0.243. The van der Waals surface area contributed by atoms with Gasteiger partial charge in [-0.2, -0.15) is 0 Å². The summed E-state index contributed by atoms with van der Waals surface area (Å²) in [6.45, 7) is 8.84. The summed E-state index contributed by atoms with van der Waals surface area (Å²) in [6.07, 6.45) is 4.01. The highest BCUT2D eigenvalue weighted by atomic mass is 35.5. The minimum Gasteiger partial charge on any atom is -0.317 e. The van der Waals surface area contributed by atoms with Crippen LogP contribution in [0, 0.1) is 18.8 Å². The average molecular weight is 280 g/mol. The summed E-state index contributed by atoms with van der Waals surface area (Å²) >= 11 is 6.31. The van der Waals surface area contributed by atoms with Crippen molar-refractivity contribution < 1.29 is 0 Å². The summed E-state index contributed by atoms with van der Waals surface area (Å²) in [4.78, 5) is 0. The third-order valence-corrected chi connectivity index (χ3v) is 4.94. The van der Waals surface area contributed by atoms with Crippen LogP contribution in [0.3, 0.4) is 0 Å². The highest BCUT2D eigenvalue weighted by Crippen LogP contribution is 2.41. The molecule has 0 amide bonds. The Morgan fingerprint density at radius 3 is 2.79 bits per heavy atom. The van der Waals surface area contributed by atoms with E-state index < -0.39 is 0 Å². The lowest BCUT2D eigenvalue weighted by Gasteiger charge is -2.35. The number of rotatable bonds is 4. The van der Waals surface area contributed by atoms with Crippen LogP contribution in [-0.4, -0.2) is 13.1 Å². The van der Waals surface area contributed by atoms with Gasteiger partial charge in [0.25, 0.3) is 0 Å². The van der Waals surface area contributed by atoms with Crippen molar-refractivity contribution in [2.45, 2.75) is 46.0 Å². The van der Waals surface area contributed by atoms with Gasteiger partial charge in [0, 0.05) is 5.02 Å². The molecule has 1 N–H and O–H groups in total. The summed E-state index contributed by atoms with van der Waals surface area (Å²) in [5, 5.41) is 4.44. The Kier molecular flexibility index (Phi) is 5.29. The van der Waals surface area contributed by atoms with Gasteiger partial charge in [0.05, 0.1) is 0 Å². The number of aryl methyl sites for hydroxylation is 1. The fourth-order valence-corrected chi connectivity index (χ4v) is 3.45. The van der Waals surface area contributed by atoms with Crippen LogP contribution in [0.25, 0.3) is 0 Å². The van der Waals surface area contributed by atoms with Crippen LogP contribution >= 0.6 is 11.6 Å². The molecule has 0 bridgehead atoms. The van der Waals surface area contributed by atoms with Crippen molar-refractivity contribution in [1.29, 1.82) is 0 Å². The van der Waals surface area contributed by atoms with Crippen LogP contribution in [-0.2, 0) is 0 Å². The molecule has 106 valence electrons. The molecule has 0 radical (unpaired) electrons. The Bertz CT molecular complexity index is 414. The Morgan fingerprint density at radius 1 is 1.32 bits per heavy atom. The second-order valence-corrected chi connectivity index (χ2v) is 6.51. The molecule has 0 heterocycles. The van der Waals surface area contributed by atoms with E-state index in [1.165, 1.54) is 30.4 Å². The van der Waals surface area contributed by atoms with Crippen LogP contribution in [0.1, 0.15) is 50.2 Å². The van der Waals surface area contributed by atoms with Crippen molar-refractivity contribution in [2.24, 2.45) is 11.8 Å². The monoisotopic (exact) mass is 279 g/mol. The number of halogens is 1. The third-order valence-electron chi connectivity index (χ3n) is 4.54. The summed E-state index contributed by atoms with van der Waals surface area (Å²) in [5.74, 6) is 2.26. The van der Waals surface area contributed by atoms with Gasteiger partial charge in [-0.3, -0.25) is 0 Å². The van der Waals surface area contributed by atoms with Gasteiger partial charge in [-0.25, -0.2) is 0 Å². The van der Waals surface area contributed by atoms with Gasteiger partial charge in [-0.1, -0.05) is 44.0 Å². The second-order valence-electron chi connectivity index (χ2n) is 6.10. The standard InChI is InChI=1S/C17H26ClN/c1-4-19-11-15-7-5-12(2)9-16(15)14-8-6-13(3)17(18)10-14/h6,8,10,12,15-16,19H,4-5,7,9,11H2,1-3H3. The molecule has 2 heteroatoms. The second kappa shape index (κ2) is 6.76. The highest BCUT2D eigenvalue weighted by molar-refractivity contribution is 6.31. The van der Waals surface area contributed by atoms with Crippen molar-refractivity contribution in [3.05, 3.63) is 34.3 Å². The molecule has 1 aromatic rings. The largest absolute Gasteiger partial charge is 0.317 e. The van der Waals surface area contributed by atoms with E-state index >= 15 is 0 Å². The van der Waals surface area contributed by atoms with Gasteiger partial charge in [0.15, 0.2) is 0 Å².